The van der Waals surface area contributed by atoms with Gasteiger partial charge in [-0.3, -0.25) is 14.9 Å². The average Bonchev–Trinajstić information content (AvgIpc) is 3.09. The molecule has 2 aromatic rings. The predicted octanol–water partition coefficient (Wildman–Crippen LogP) is 3.70. The van der Waals surface area contributed by atoms with Crippen molar-refractivity contribution in [2.24, 2.45) is 5.10 Å². The molecular formula is C17H19N3O4S. The van der Waals surface area contributed by atoms with Gasteiger partial charge in [-0.1, -0.05) is 43.4 Å². The summed E-state index contributed by atoms with van der Waals surface area (Å²) in [5.74, 6) is 0.623. The Labute approximate surface area is 149 Å². The van der Waals surface area contributed by atoms with Crippen LogP contribution in [0, 0.1) is 10.1 Å². The normalized spacial score (nSPS) is 12.1. The molecule has 1 unspecified atom stereocenters. The maximum Gasteiger partial charge on any atom is 0.324 e. The fourth-order valence-electron chi connectivity index (χ4n) is 2.09. The van der Waals surface area contributed by atoms with E-state index in [1.165, 1.54) is 12.3 Å². The standard InChI is InChI=1S/C17H19N3O4S/c1-3-12(2)14-6-4-5-7-15(14)24-11-16(21)19-18-10-13-8-9-17(25-13)20(22)23/h4-10,12H,3,11H2,1-2H3,(H,19,21)/b18-10+. The van der Waals surface area contributed by atoms with E-state index in [1.54, 1.807) is 6.07 Å². The number of rotatable bonds is 8. The Morgan fingerprint density at radius 1 is 1.40 bits per heavy atom. The summed E-state index contributed by atoms with van der Waals surface area (Å²) in [7, 11) is 0. The minimum Gasteiger partial charge on any atom is -0.483 e. The van der Waals surface area contributed by atoms with E-state index in [2.05, 4.69) is 24.4 Å². The summed E-state index contributed by atoms with van der Waals surface area (Å²) in [6.45, 7) is 4.04. The van der Waals surface area contributed by atoms with Crippen molar-refractivity contribution in [3.05, 3.63) is 57.0 Å². The molecule has 1 heterocycles. The average molecular weight is 361 g/mol. The minimum absolute atomic E-state index is 0.0257. The second-order valence-electron chi connectivity index (χ2n) is 5.36. The monoisotopic (exact) mass is 361 g/mol. The van der Waals surface area contributed by atoms with Gasteiger partial charge in [0.25, 0.3) is 5.91 Å². The Morgan fingerprint density at radius 2 is 2.16 bits per heavy atom. The first-order chi connectivity index (χ1) is 12.0. The lowest BCUT2D eigenvalue weighted by atomic mass is 9.98. The van der Waals surface area contributed by atoms with Gasteiger partial charge in [0.2, 0.25) is 0 Å². The molecule has 1 N–H and O–H groups in total. The maximum absolute atomic E-state index is 11.8. The van der Waals surface area contributed by atoms with E-state index in [4.69, 9.17) is 4.74 Å². The van der Waals surface area contributed by atoms with Crippen molar-refractivity contribution in [2.45, 2.75) is 26.2 Å². The molecule has 0 fully saturated rings. The fourth-order valence-corrected chi connectivity index (χ4v) is 2.79. The van der Waals surface area contributed by atoms with E-state index >= 15 is 0 Å². The van der Waals surface area contributed by atoms with Crippen molar-refractivity contribution in [1.82, 2.24) is 5.43 Å². The number of nitro groups is 1. The number of nitrogens with one attached hydrogen (secondary N) is 1. The molecule has 1 aromatic carbocycles. The Kier molecular flexibility index (Phi) is 6.64. The third kappa shape index (κ3) is 5.39. The van der Waals surface area contributed by atoms with Crippen LogP contribution in [0.4, 0.5) is 5.00 Å². The minimum atomic E-state index is -0.469. The Balaban J connectivity index is 1.86. The van der Waals surface area contributed by atoms with Crippen molar-refractivity contribution < 1.29 is 14.5 Å². The second-order valence-corrected chi connectivity index (χ2v) is 6.46. The molecule has 2 rings (SSSR count). The third-order valence-electron chi connectivity index (χ3n) is 3.59. The highest BCUT2D eigenvalue weighted by Gasteiger charge is 2.11. The van der Waals surface area contributed by atoms with Crippen LogP contribution in [0.5, 0.6) is 5.75 Å². The van der Waals surface area contributed by atoms with Gasteiger partial charge in [0, 0.05) is 6.07 Å². The number of ether oxygens (including phenoxy) is 1. The lowest BCUT2D eigenvalue weighted by Gasteiger charge is -2.15. The van der Waals surface area contributed by atoms with Gasteiger partial charge in [0.15, 0.2) is 6.61 Å². The molecule has 1 aromatic heterocycles. The van der Waals surface area contributed by atoms with E-state index in [0.29, 0.717) is 16.5 Å². The summed E-state index contributed by atoms with van der Waals surface area (Å²) in [5, 5.41) is 14.4. The van der Waals surface area contributed by atoms with Crippen LogP contribution in [0.25, 0.3) is 0 Å². The zero-order chi connectivity index (χ0) is 18.2. The molecule has 25 heavy (non-hydrogen) atoms. The molecule has 7 nitrogen and oxygen atoms in total. The van der Waals surface area contributed by atoms with Crippen LogP contribution in [-0.4, -0.2) is 23.7 Å². The molecule has 0 aliphatic heterocycles. The highest BCUT2D eigenvalue weighted by atomic mass is 32.1. The SMILES string of the molecule is CCC(C)c1ccccc1OCC(=O)N/N=C/c1ccc([N+](=O)[O-])s1. The molecule has 0 spiro atoms. The smallest absolute Gasteiger partial charge is 0.324 e. The summed E-state index contributed by atoms with van der Waals surface area (Å²) in [5.41, 5.74) is 3.41. The molecule has 1 atom stereocenters. The number of benzene rings is 1. The van der Waals surface area contributed by atoms with Crippen LogP contribution >= 0.6 is 11.3 Å². The van der Waals surface area contributed by atoms with Crippen LogP contribution in [0.2, 0.25) is 0 Å². The van der Waals surface area contributed by atoms with E-state index in [1.807, 2.05) is 24.3 Å². The number of nitrogens with zero attached hydrogens (tertiary/aromatic N) is 2. The number of hydrogen-bond donors (Lipinski definition) is 1. The van der Waals surface area contributed by atoms with Crippen LogP contribution < -0.4 is 10.2 Å². The van der Waals surface area contributed by atoms with Crippen molar-refractivity contribution in [3.63, 3.8) is 0 Å². The molecule has 0 saturated carbocycles. The highest BCUT2D eigenvalue weighted by molar-refractivity contribution is 7.16. The summed E-state index contributed by atoms with van der Waals surface area (Å²) >= 11 is 0.980. The summed E-state index contributed by atoms with van der Waals surface area (Å²) in [6, 6.07) is 10.6. The summed E-state index contributed by atoms with van der Waals surface area (Å²) in [4.78, 5) is 22.5. The number of hydrogen-bond acceptors (Lipinski definition) is 6. The molecule has 8 heteroatoms. The van der Waals surface area contributed by atoms with Crippen molar-refractivity contribution in [3.8, 4) is 5.75 Å². The number of thiophene rings is 1. The van der Waals surface area contributed by atoms with Gasteiger partial charge in [-0.25, -0.2) is 5.43 Å². The van der Waals surface area contributed by atoms with E-state index in [9.17, 15) is 14.9 Å². The van der Waals surface area contributed by atoms with Crippen LogP contribution in [0.1, 0.15) is 36.6 Å². The lowest BCUT2D eigenvalue weighted by Crippen LogP contribution is -2.24. The quantitative estimate of drug-likeness (QED) is 0.441. The number of para-hydroxylation sites is 1. The Morgan fingerprint density at radius 3 is 2.84 bits per heavy atom. The molecule has 1 amide bonds. The molecule has 132 valence electrons. The van der Waals surface area contributed by atoms with Crippen LogP contribution in [0.3, 0.4) is 0 Å². The number of carbonyl (C=O) groups excluding carboxylic acids is 1. The Hall–Kier alpha value is -2.74. The zero-order valence-electron chi connectivity index (χ0n) is 14.0. The number of hydrazone groups is 1. The van der Waals surface area contributed by atoms with Gasteiger partial charge in [-0.15, -0.1) is 0 Å². The maximum atomic E-state index is 11.8. The van der Waals surface area contributed by atoms with Crippen molar-refractivity contribution >= 4 is 28.5 Å². The molecule has 0 radical (unpaired) electrons. The molecule has 0 aliphatic carbocycles. The van der Waals surface area contributed by atoms with Gasteiger partial charge in [-0.2, -0.15) is 5.10 Å². The lowest BCUT2D eigenvalue weighted by molar-refractivity contribution is -0.380. The first-order valence-electron chi connectivity index (χ1n) is 7.79. The van der Waals surface area contributed by atoms with E-state index in [0.717, 1.165) is 23.3 Å². The van der Waals surface area contributed by atoms with Gasteiger partial charge >= 0.3 is 5.00 Å². The topological polar surface area (TPSA) is 93.8 Å². The summed E-state index contributed by atoms with van der Waals surface area (Å²) < 4.78 is 5.59. The van der Waals surface area contributed by atoms with Crippen molar-refractivity contribution in [1.29, 1.82) is 0 Å². The van der Waals surface area contributed by atoms with Crippen LogP contribution in [0.15, 0.2) is 41.5 Å². The molecule has 0 aliphatic rings. The van der Waals surface area contributed by atoms with E-state index < -0.39 is 10.8 Å². The predicted molar refractivity (Wildman–Crippen MR) is 97.4 cm³/mol. The van der Waals surface area contributed by atoms with E-state index in [-0.39, 0.29) is 11.6 Å². The largest absolute Gasteiger partial charge is 0.483 e. The molecular weight excluding hydrogens is 342 g/mol. The zero-order valence-corrected chi connectivity index (χ0v) is 14.8. The second kappa shape index (κ2) is 8.93. The van der Waals surface area contributed by atoms with Crippen molar-refractivity contribution in [2.75, 3.05) is 6.61 Å². The van der Waals surface area contributed by atoms with Crippen LogP contribution in [-0.2, 0) is 4.79 Å². The number of carbonyl (C=O) groups is 1. The first-order valence-corrected chi connectivity index (χ1v) is 8.60. The van der Waals surface area contributed by atoms with Gasteiger partial charge in [0.1, 0.15) is 5.75 Å². The van der Waals surface area contributed by atoms with Gasteiger partial charge in [-0.05, 0) is 30.0 Å². The third-order valence-corrected chi connectivity index (χ3v) is 4.57. The summed E-state index contributed by atoms with van der Waals surface area (Å²) in [6.07, 6.45) is 2.34. The number of amides is 1. The van der Waals surface area contributed by atoms with Gasteiger partial charge in [0.05, 0.1) is 16.0 Å². The first kappa shape index (κ1) is 18.6. The fraction of sp³-hybridized carbons (Fsp3) is 0.294. The molecule has 0 saturated heterocycles. The molecule has 0 bridgehead atoms. The van der Waals surface area contributed by atoms with Gasteiger partial charge < -0.3 is 4.74 Å². The Bertz CT molecular complexity index is 773. The highest BCUT2D eigenvalue weighted by Crippen LogP contribution is 2.28.